The Morgan fingerprint density at radius 2 is 2.09 bits per heavy atom. The predicted octanol–water partition coefficient (Wildman–Crippen LogP) is 3.81. The van der Waals surface area contributed by atoms with Crippen LogP contribution in [0.25, 0.3) is 0 Å². The second-order valence-electron chi connectivity index (χ2n) is 7.95. The van der Waals surface area contributed by atoms with Gasteiger partial charge in [0.2, 0.25) is 0 Å². The van der Waals surface area contributed by atoms with Crippen molar-refractivity contribution in [3.05, 3.63) is 29.3 Å². The van der Waals surface area contributed by atoms with E-state index in [1.54, 1.807) is 7.11 Å². The molecule has 5 atom stereocenters. The van der Waals surface area contributed by atoms with Crippen molar-refractivity contribution in [3.63, 3.8) is 0 Å². The number of nitriles is 1. The molecule has 0 amide bonds. The maximum absolute atomic E-state index is 10.8. The Hall–Kier alpha value is -1.53. The van der Waals surface area contributed by atoms with E-state index in [0.717, 1.165) is 31.4 Å². The number of ether oxygens (including phenoxy) is 1. The van der Waals surface area contributed by atoms with E-state index in [2.05, 4.69) is 31.2 Å². The fraction of sp³-hybridized carbons (Fsp3) is 0.650. The van der Waals surface area contributed by atoms with Crippen LogP contribution in [-0.2, 0) is 6.42 Å². The minimum Gasteiger partial charge on any atom is -0.497 e. The van der Waals surface area contributed by atoms with Gasteiger partial charge in [-0.05, 0) is 79.5 Å². The lowest BCUT2D eigenvalue weighted by atomic mass is 9.53. The number of aryl methyl sites for hydroxylation is 1. The van der Waals surface area contributed by atoms with E-state index in [1.807, 2.05) is 0 Å². The first-order valence-electron chi connectivity index (χ1n) is 8.83. The molecule has 3 aliphatic rings. The molecule has 0 heterocycles. The third-order valence-electron chi connectivity index (χ3n) is 7.27. The van der Waals surface area contributed by atoms with Crippen molar-refractivity contribution in [1.29, 1.82) is 5.26 Å². The molecule has 0 saturated heterocycles. The van der Waals surface area contributed by atoms with Crippen molar-refractivity contribution in [3.8, 4) is 11.8 Å². The van der Waals surface area contributed by atoms with Crippen LogP contribution in [0.4, 0.5) is 0 Å². The summed E-state index contributed by atoms with van der Waals surface area (Å²) in [6.07, 6.45) is 5.93. The van der Waals surface area contributed by atoms with Crippen LogP contribution in [0.15, 0.2) is 18.2 Å². The van der Waals surface area contributed by atoms with Crippen LogP contribution in [0.3, 0.4) is 0 Å². The second kappa shape index (κ2) is 4.98. The second-order valence-corrected chi connectivity index (χ2v) is 7.95. The molecule has 122 valence electrons. The highest BCUT2D eigenvalue weighted by Gasteiger charge is 2.62. The summed E-state index contributed by atoms with van der Waals surface area (Å²) in [7, 11) is 1.72. The molecular weight excluding hydrogens is 286 g/mol. The zero-order valence-corrected chi connectivity index (χ0v) is 14.0. The Morgan fingerprint density at radius 1 is 1.26 bits per heavy atom. The third-order valence-corrected chi connectivity index (χ3v) is 7.27. The molecule has 2 saturated carbocycles. The molecule has 0 spiro atoms. The van der Waals surface area contributed by atoms with Gasteiger partial charge in [-0.2, -0.15) is 5.26 Å². The first kappa shape index (κ1) is 15.0. The minimum absolute atomic E-state index is 0.229. The molecular formula is C20H25NO2. The zero-order valence-electron chi connectivity index (χ0n) is 14.0. The quantitative estimate of drug-likeness (QED) is 0.802. The summed E-state index contributed by atoms with van der Waals surface area (Å²) in [6, 6.07) is 8.77. The average molecular weight is 311 g/mol. The molecule has 0 bridgehead atoms. The zero-order chi connectivity index (χ0) is 16.2. The summed E-state index contributed by atoms with van der Waals surface area (Å²) in [4.78, 5) is 0. The molecule has 0 radical (unpaired) electrons. The molecule has 3 heteroatoms. The number of benzene rings is 1. The number of aliphatic hydroxyl groups is 1. The number of rotatable bonds is 1. The highest BCUT2D eigenvalue weighted by atomic mass is 16.5. The summed E-state index contributed by atoms with van der Waals surface area (Å²) < 4.78 is 5.37. The van der Waals surface area contributed by atoms with Crippen LogP contribution in [0.1, 0.15) is 56.1 Å². The van der Waals surface area contributed by atoms with E-state index in [4.69, 9.17) is 4.74 Å². The van der Waals surface area contributed by atoms with Crippen molar-refractivity contribution in [2.24, 2.45) is 17.3 Å². The molecule has 3 aliphatic carbocycles. The maximum Gasteiger partial charge on any atom is 0.156 e. The standard InChI is InChI=1S/C20H25NO2/c1-19-9-7-16-15-6-4-14(23-2)11-13(15)3-5-17(16)18(19)8-10-20(19,22)12-21/h4,6,11,16-18,22H,3,5,7-10H2,1-2H3. The summed E-state index contributed by atoms with van der Waals surface area (Å²) in [5.41, 5.74) is 1.56. The fourth-order valence-electron chi connectivity index (χ4n) is 5.89. The summed E-state index contributed by atoms with van der Waals surface area (Å²) >= 11 is 0. The molecule has 23 heavy (non-hydrogen) atoms. The van der Waals surface area contributed by atoms with E-state index in [0.29, 0.717) is 24.2 Å². The van der Waals surface area contributed by atoms with Gasteiger partial charge in [-0.25, -0.2) is 0 Å². The molecule has 3 nitrogen and oxygen atoms in total. The Bertz CT molecular complexity index is 679. The Kier molecular flexibility index (Phi) is 3.25. The van der Waals surface area contributed by atoms with Gasteiger partial charge in [0.15, 0.2) is 5.60 Å². The van der Waals surface area contributed by atoms with E-state index in [-0.39, 0.29) is 5.41 Å². The Balaban J connectivity index is 1.70. The smallest absolute Gasteiger partial charge is 0.156 e. The number of methoxy groups -OCH3 is 1. The molecule has 1 N–H and O–H groups in total. The number of hydrogen-bond donors (Lipinski definition) is 1. The first-order valence-corrected chi connectivity index (χ1v) is 8.83. The lowest BCUT2D eigenvalue weighted by Gasteiger charge is -2.51. The number of hydrogen-bond acceptors (Lipinski definition) is 3. The van der Waals surface area contributed by atoms with Gasteiger partial charge in [-0.15, -0.1) is 0 Å². The Labute approximate surface area is 138 Å². The molecule has 5 unspecified atom stereocenters. The highest BCUT2D eigenvalue weighted by molar-refractivity contribution is 5.41. The van der Waals surface area contributed by atoms with Crippen LogP contribution in [-0.4, -0.2) is 17.8 Å². The largest absolute Gasteiger partial charge is 0.497 e. The summed E-state index contributed by atoms with van der Waals surface area (Å²) in [5, 5.41) is 20.4. The summed E-state index contributed by atoms with van der Waals surface area (Å²) in [6.45, 7) is 2.16. The van der Waals surface area contributed by atoms with Gasteiger partial charge in [-0.3, -0.25) is 0 Å². The van der Waals surface area contributed by atoms with Gasteiger partial charge in [-0.1, -0.05) is 13.0 Å². The van der Waals surface area contributed by atoms with Gasteiger partial charge in [0, 0.05) is 5.41 Å². The molecule has 2 fully saturated rings. The SMILES string of the molecule is COc1ccc2c(c1)CCC1C2CCC2(C)C1CCC2(O)C#N. The van der Waals surface area contributed by atoms with Gasteiger partial charge < -0.3 is 9.84 Å². The van der Waals surface area contributed by atoms with E-state index in [9.17, 15) is 10.4 Å². The van der Waals surface area contributed by atoms with Crippen LogP contribution < -0.4 is 4.74 Å². The number of fused-ring (bicyclic) bond motifs is 5. The topological polar surface area (TPSA) is 53.2 Å². The molecule has 1 aromatic rings. The van der Waals surface area contributed by atoms with E-state index < -0.39 is 5.60 Å². The summed E-state index contributed by atoms with van der Waals surface area (Å²) in [5.74, 6) is 2.62. The molecule has 0 aliphatic heterocycles. The lowest BCUT2D eigenvalue weighted by Crippen LogP contribution is -2.50. The monoisotopic (exact) mass is 311 g/mol. The first-order chi connectivity index (χ1) is 11.0. The van der Waals surface area contributed by atoms with Crippen molar-refractivity contribution in [2.75, 3.05) is 7.11 Å². The average Bonchev–Trinajstić information content (AvgIpc) is 2.86. The van der Waals surface area contributed by atoms with Gasteiger partial charge in [0.1, 0.15) is 5.75 Å². The van der Waals surface area contributed by atoms with E-state index >= 15 is 0 Å². The van der Waals surface area contributed by atoms with Crippen molar-refractivity contribution < 1.29 is 9.84 Å². The van der Waals surface area contributed by atoms with Crippen molar-refractivity contribution in [2.45, 2.75) is 57.0 Å². The fourth-order valence-corrected chi connectivity index (χ4v) is 5.89. The Morgan fingerprint density at radius 3 is 2.83 bits per heavy atom. The van der Waals surface area contributed by atoms with Gasteiger partial charge >= 0.3 is 0 Å². The van der Waals surface area contributed by atoms with Gasteiger partial charge in [0.05, 0.1) is 13.2 Å². The molecule has 0 aromatic heterocycles. The van der Waals surface area contributed by atoms with Crippen molar-refractivity contribution in [1.82, 2.24) is 0 Å². The molecule has 4 rings (SSSR count). The highest BCUT2D eigenvalue weighted by Crippen LogP contribution is 2.64. The third kappa shape index (κ3) is 1.91. The van der Waals surface area contributed by atoms with Crippen LogP contribution in [0.5, 0.6) is 5.75 Å². The predicted molar refractivity (Wildman–Crippen MR) is 88.2 cm³/mol. The normalized spacial score (nSPS) is 41.4. The molecule has 1 aromatic carbocycles. The van der Waals surface area contributed by atoms with Gasteiger partial charge in [0.25, 0.3) is 0 Å². The van der Waals surface area contributed by atoms with Crippen molar-refractivity contribution >= 4 is 0 Å². The maximum atomic E-state index is 10.8. The lowest BCUT2D eigenvalue weighted by molar-refractivity contribution is -0.0660. The van der Waals surface area contributed by atoms with Crippen LogP contribution >= 0.6 is 0 Å². The number of nitrogens with zero attached hydrogens (tertiary/aromatic N) is 1. The van der Waals surface area contributed by atoms with Crippen LogP contribution in [0, 0.1) is 28.6 Å². The van der Waals surface area contributed by atoms with E-state index in [1.165, 1.54) is 17.5 Å². The minimum atomic E-state index is -1.12. The van der Waals surface area contributed by atoms with Crippen LogP contribution in [0.2, 0.25) is 0 Å².